The highest BCUT2D eigenvalue weighted by atomic mass is 32.2. The fourth-order valence-corrected chi connectivity index (χ4v) is 5.06. The minimum Gasteiger partial charge on any atom is -0.497 e. The van der Waals surface area contributed by atoms with E-state index in [9.17, 15) is 9.18 Å². The fraction of sp³-hybridized carbons (Fsp3) is 0.222. The SMILES string of the molecule is COc1ccc(N2C(=O)[C@@H]3CS[C@@H](c4ccc(F)cc4)N3C2=S)cc1. The first kappa shape index (κ1) is 16.4. The number of halogens is 1. The van der Waals surface area contributed by atoms with Crippen molar-refractivity contribution in [3.63, 3.8) is 0 Å². The quantitative estimate of drug-likeness (QED) is 0.767. The molecule has 0 bridgehead atoms. The number of ether oxygens (including phenoxy) is 1. The van der Waals surface area contributed by atoms with E-state index < -0.39 is 0 Å². The Hall–Kier alpha value is -2.12. The molecule has 2 atom stereocenters. The molecule has 2 heterocycles. The van der Waals surface area contributed by atoms with Gasteiger partial charge in [0.1, 0.15) is 23.0 Å². The molecular weight excluding hydrogens is 359 g/mol. The molecule has 2 saturated heterocycles. The van der Waals surface area contributed by atoms with Crippen LogP contribution < -0.4 is 9.64 Å². The number of methoxy groups -OCH3 is 1. The molecule has 4 nitrogen and oxygen atoms in total. The summed E-state index contributed by atoms with van der Waals surface area (Å²) in [6, 6.07) is 13.3. The molecule has 2 aliphatic heterocycles. The monoisotopic (exact) mass is 374 g/mol. The molecule has 128 valence electrons. The summed E-state index contributed by atoms with van der Waals surface area (Å²) >= 11 is 7.27. The molecule has 0 saturated carbocycles. The van der Waals surface area contributed by atoms with Gasteiger partial charge in [-0.05, 0) is 54.2 Å². The Balaban J connectivity index is 1.65. The number of nitrogens with zero attached hydrogens (tertiary/aromatic N) is 2. The Morgan fingerprint density at radius 3 is 2.48 bits per heavy atom. The van der Waals surface area contributed by atoms with Gasteiger partial charge in [0.15, 0.2) is 5.11 Å². The zero-order valence-electron chi connectivity index (χ0n) is 13.4. The maximum absolute atomic E-state index is 13.2. The van der Waals surface area contributed by atoms with Crippen molar-refractivity contribution in [3.8, 4) is 5.75 Å². The van der Waals surface area contributed by atoms with E-state index in [0.29, 0.717) is 10.9 Å². The summed E-state index contributed by atoms with van der Waals surface area (Å²) < 4.78 is 18.4. The number of carbonyl (C=O) groups is 1. The Labute approximate surface area is 154 Å². The van der Waals surface area contributed by atoms with Crippen LogP contribution in [0.1, 0.15) is 10.9 Å². The summed E-state index contributed by atoms with van der Waals surface area (Å²) in [5, 5.41) is 0.407. The summed E-state index contributed by atoms with van der Waals surface area (Å²) in [5.74, 6) is 1.09. The molecule has 0 aliphatic carbocycles. The largest absolute Gasteiger partial charge is 0.497 e. The van der Waals surface area contributed by atoms with Crippen molar-refractivity contribution in [1.82, 2.24) is 4.90 Å². The number of benzene rings is 2. The van der Waals surface area contributed by atoms with Crippen LogP contribution in [-0.4, -0.2) is 34.8 Å². The topological polar surface area (TPSA) is 32.8 Å². The average Bonchev–Trinajstić information content (AvgIpc) is 3.17. The molecule has 7 heteroatoms. The van der Waals surface area contributed by atoms with Crippen molar-refractivity contribution in [2.75, 3.05) is 17.8 Å². The van der Waals surface area contributed by atoms with Crippen LogP contribution in [0.2, 0.25) is 0 Å². The number of carbonyl (C=O) groups excluding carboxylic acids is 1. The third-order valence-electron chi connectivity index (χ3n) is 4.40. The molecule has 2 aromatic carbocycles. The van der Waals surface area contributed by atoms with Gasteiger partial charge in [-0.3, -0.25) is 9.69 Å². The van der Waals surface area contributed by atoms with Crippen molar-refractivity contribution in [2.24, 2.45) is 0 Å². The molecule has 1 amide bonds. The van der Waals surface area contributed by atoms with Crippen LogP contribution in [0.3, 0.4) is 0 Å². The maximum Gasteiger partial charge on any atom is 0.257 e. The molecule has 2 aliphatic rings. The van der Waals surface area contributed by atoms with E-state index in [1.165, 1.54) is 12.1 Å². The van der Waals surface area contributed by atoms with Gasteiger partial charge in [-0.2, -0.15) is 0 Å². The lowest BCUT2D eigenvalue weighted by Crippen LogP contribution is -2.33. The van der Waals surface area contributed by atoms with E-state index in [1.807, 2.05) is 17.0 Å². The Morgan fingerprint density at radius 2 is 1.84 bits per heavy atom. The molecule has 2 aromatic rings. The standard InChI is InChI=1S/C18H15FN2O2S2/c1-23-14-8-6-13(7-9-14)20-16(22)15-10-25-17(21(15)18(20)24)11-2-4-12(19)5-3-11/h2-9,15,17H,10H2,1H3/t15-,17-/m0/s1. The number of rotatable bonds is 3. The van der Waals surface area contributed by atoms with Crippen molar-refractivity contribution < 1.29 is 13.9 Å². The molecule has 2 fully saturated rings. The first-order valence-electron chi connectivity index (χ1n) is 7.77. The first-order chi connectivity index (χ1) is 12.1. The lowest BCUT2D eigenvalue weighted by Gasteiger charge is -2.25. The van der Waals surface area contributed by atoms with Crippen LogP contribution in [0.15, 0.2) is 48.5 Å². The van der Waals surface area contributed by atoms with Gasteiger partial charge >= 0.3 is 0 Å². The number of fused-ring (bicyclic) bond motifs is 1. The smallest absolute Gasteiger partial charge is 0.257 e. The van der Waals surface area contributed by atoms with Gasteiger partial charge in [0.2, 0.25) is 0 Å². The van der Waals surface area contributed by atoms with Crippen molar-refractivity contribution in [3.05, 3.63) is 59.9 Å². The summed E-state index contributed by atoms with van der Waals surface area (Å²) in [6.45, 7) is 0. The maximum atomic E-state index is 13.2. The number of thioether (sulfide) groups is 1. The van der Waals surface area contributed by atoms with Crippen LogP contribution in [0, 0.1) is 5.82 Å². The lowest BCUT2D eigenvalue weighted by atomic mass is 10.2. The molecule has 25 heavy (non-hydrogen) atoms. The first-order valence-corrected chi connectivity index (χ1v) is 9.23. The molecule has 0 unspecified atom stereocenters. The summed E-state index contributed by atoms with van der Waals surface area (Å²) in [5.41, 5.74) is 1.67. The van der Waals surface area contributed by atoms with Crippen LogP contribution >= 0.6 is 24.0 Å². The van der Waals surface area contributed by atoms with Gasteiger partial charge < -0.3 is 9.64 Å². The highest BCUT2D eigenvalue weighted by molar-refractivity contribution is 7.99. The number of hydrogen-bond acceptors (Lipinski definition) is 4. The van der Waals surface area contributed by atoms with E-state index >= 15 is 0 Å². The highest BCUT2D eigenvalue weighted by Gasteiger charge is 2.50. The molecule has 4 rings (SSSR count). The highest BCUT2D eigenvalue weighted by Crippen LogP contribution is 2.46. The Kier molecular flexibility index (Phi) is 4.13. The van der Waals surface area contributed by atoms with Crippen LogP contribution in [0.5, 0.6) is 5.75 Å². The van der Waals surface area contributed by atoms with Gasteiger partial charge in [0, 0.05) is 5.75 Å². The number of thiocarbonyl (C=S) groups is 1. The summed E-state index contributed by atoms with van der Waals surface area (Å²) in [6.07, 6.45) is 0. The molecular formula is C18H15FN2O2S2. The third-order valence-corrected chi connectivity index (χ3v) is 6.12. The molecule has 0 N–H and O–H groups in total. The van der Waals surface area contributed by atoms with Gasteiger partial charge in [0.05, 0.1) is 12.8 Å². The predicted molar refractivity (Wildman–Crippen MR) is 100 cm³/mol. The van der Waals surface area contributed by atoms with Crippen LogP contribution in [0.4, 0.5) is 10.1 Å². The second-order valence-corrected chi connectivity index (χ2v) is 7.29. The minimum atomic E-state index is -0.283. The van der Waals surface area contributed by atoms with E-state index in [4.69, 9.17) is 17.0 Å². The third kappa shape index (κ3) is 2.67. The van der Waals surface area contributed by atoms with Crippen molar-refractivity contribution in [1.29, 1.82) is 0 Å². The van der Waals surface area contributed by atoms with E-state index in [-0.39, 0.29) is 23.1 Å². The van der Waals surface area contributed by atoms with Crippen molar-refractivity contribution in [2.45, 2.75) is 11.4 Å². The number of amides is 1. The zero-order chi connectivity index (χ0) is 17.6. The van der Waals surface area contributed by atoms with Gasteiger partial charge in [-0.1, -0.05) is 12.1 Å². The van der Waals surface area contributed by atoms with E-state index in [1.54, 1.807) is 48.0 Å². The Bertz CT molecular complexity index is 826. The number of anilines is 1. The normalized spacial score (nSPS) is 22.5. The lowest BCUT2D eigenvalue weighted by molar-refractivity contribution is -0.119. The summed E-state index contributed by atoms with van der Waals surface area (Å²) in [7, 11) is 1.60. The Morgan fingerprint density at radius 1 is 1.16 bits per heavy atom. The van der Waals surface area contributed by atoms with E-state index in [2.05, 4.69) is 0 Å². The van der Waals surface area contributed by atoms with Crippen LogP contribution in [-0.2, 0) is 4.79 Å². The fourth-order valence-electron chi connectivity index (χ4n) is 3.14. The molecule has 0 aromatic heterocycles. The molecule has 0 spiro atoms. The second-order valence-electron chi connectivity index (χ2n) is 5.81. The summed E-state index contributed by atoms with van der Waals surface area (Å²) in [4.78, 5) is 16.4. The molecule has 0 radical (unpaired) electrons. The average molecular weight is 374 g/mol. The van der Waals surface area contributed by atoms with Gasteiger partial charge in [0.25, 0.3) is 5.91 Å². The predicted octanol–water partition coefficient (Wildman–Crippen LogP) is 3.58. The number of hydrogen-bond donors (Lipinski definition) is 0. The zero-order valence-corrected chi connectivity index (χ0v) is 15.0. The second kappa shape index (κ2) is 6.31. The van der Waals surface area contributed by atoms with Gasteiger partial charge in [-0.25, -0.2) is 4.39 Å². The minimum absolute atomic E-state index is 0.0210. The van der Waals surface area contributed by atoms with Gasteiger partial charge in [-0.15, -0.1) is 11.8 Å². The van der Waals surface area contributed by atoms with Crippen LogP contribution in [0.25, 0.3) is 0 Å². The van der Waals surface area contributed by atoms with E-state index in [0.717, 1.165) is 17.0 Å². The van der Waals surface area contributed by atoms with Crippen molar-refractivity contribution >= 4 is 40.7 Å².